The minimum absolute atomic E-state index is 0.0453. The van der Waals surface area contributed by atoms with E-state index in [1.807, 2.05) is 36.4 Å². The molecule has 2 aromatic rings. The summed E-state index contributed by atoms with van der Waals surface area (Å²) in [5.74, 6) is 0.962. The highest BCUT2D eigenvalue weighted by molar-refractivity contribution is 6.46. The van der Waals surface area contributed by atoms with Crippen molar-refractivity contribution in [1.82, 2.24) is 4.90 Å². The molecule has 1 amide bonds. The third kappa shape index (κ3) is 8.07. The lowest BCUT2D eigenvalue weighted by molar-refractivity contribution is -0.133. The van der Waals surface area contributed by atoms with E-state index in [4.69, 9.17) is 9.73 Å². The normalized spacial score (nSPS) is 21.8. The van der Waals surface area contributed by atoms with Gasteiger partial charge in [0.1, 0.15) is 17.1 Å². The van der Waals surface area contributed by atoms with E-state index in [1.165, 1.54) is 0 Å². The SMILES string of the molecule is CC(C)C1CCC2(CC1)N=C(c1cccc(OCCC(C)(C)C)c1)C(=O)N2C(CCC(C)(C)C)c1ccc(C(=O)O)cc1. The molecule has 1 spiro atoms. The van der Waals surface area contributed by atoms with Gasteiger partial charge < -0.3 is 14.7 Å². The van der Waals surface area contributed by atoms with Crippen LogP contribution in [0.2, 0.25) is 0 Å². The lowest BCUT2D eigenvalue weighted by Crippen LogP contribution is -2.51. The highest BCUT2D eigenvalue weighted by atomic mass is 16.5. The number of nitrogens with zero attached hydrogens (tertiary/aromatic N) is 2. The molecule has 1 fully saturated rings. The molecule has 1 heterocycles. The van der Waals surface area contributed by atoms with Crippen LogP contribution in [0, 0.1) is 22.7 Å². The molecule has 6 nitrogen and oxygen atoms in total. The second-order valence-electron chi connectivity index (χ2n) is 15.4. The predicted molar refractivity (Wildman–Crippen MR) is 174 cm³/mol. The molecule has 0 aromatic heterocycles. The fourth-order valence-electron chi connectivity index (χ4n) is 6.43. The monoisotopic (exact) mass is 588 g/mol. The molecular formula is C37H52N2O4. The van der Waals surface area contributed by atoms with Crippen molar-refractivity contribution in [2.45, 2.75) is 112 Å². The van der Waals surface area contributed by atoms with Gasteiger partial charge in [-0.1, -0.05) is 79.7 Å². The molecule has 1 aliphatic carbocycles. The number of amides is 1. The van der Waals surface area contributed by atoms with Crippen molar-refractivity contribution < 1.29 is 19.4 Å². The van der Waals surface area contributed by atoms with Crippen molar-refractivity contribution in [2.75, 3.05) is 6.61 Å². The minimum Gasteiger partial charge on any atom is -0.494 e. The van der Waals surface area contributed by atoms with E-state index < -0.39 is 11.6 Å². The molecule has 6 heteroatoms. The third-order valence-corrected chi connectivity index (χ3v) is 9.21. The topological polar surface area (TPSA) is 79.2 Å². The van der Waals surface area contributed by atoms with Crippen LogP contribution in [0.4, 0.5) is 0 Å². The summed E-state index contributed by atoms with van der Waals surface area (Å²) in [5, 5.41) is 9.53. The molecule has 4 rings (SSSR count). The maximum absolute atomic E-state index is 14.6. The Balaban J connectivity index is 1.74. The van der Waals surface area contributed by atoms with Crippen LogP contribution < -0.4 is 4.74 Å². The number of carboxylic acids is 1. The summed E-state index contributed by atoms with van der Waals surface area (Å²) in [7, 11) is 0. The van der Waals surface area contributed by atoms with E-state index >= 15 is 0 Å². The Hall–Kier alpha value is -3.15. The first-order valence-electron chi connectivity index (χ1n) is 16.1. The molecule has 43 heavy (non-hydrogen) atoms. The summed E-state index contributed by atoms with van der Waals surface area (Å²) >= 11 is 0. The second kappa shape index (κ2) is 12.8. The van der Waals surface area contributed by atoms with Gasteiger partial charge in [-0.15, -0.1) is 0 Å². The van der Waals surface area contributed by atoms with Crippen molar-refractivity contribution in [3.05, 3.63) is 65.2 Å². The first-order valence-corrected chi connectivity index (χ1v) is 16.1. The van der Waals surface area contributed by atoms with Gasteiger partial charge in [0.15, 0.2) is 0 Å². The lowest BCUT2D eigenvalue weighted by atomic mass is 9.75. The number of hydrogen-bond donors (Lipinski definition) is 1. The maximum Gasteiger partial charge on any atom is 0.335 e. The zero-order valence-electron chi connectivity index (χ0n) is 27.6. The van der Waals surface area contributed by atoms with E-state index in [1.54, 1.807) is 12.1 Å². The van der Waals surface area contributed by atoms with Crippen LogP contribution in [-0.4, -0.2) is 39.9 Å². The zero-order chi connectivity index (χ0) is 31.6. The average molecular weight is 589 g/mol. The van der Waals surface area contributed by atoms with Crippen LogP contribution in [0.25, 0.3) is 0 Å². The van der Waals surface area contributed by atoms with Crippen molar-refractivity contribution in [2.24, 2.45) is 27.7 Å². The Labute approximate surface area is 258 Å². The van der Waals surface area contributed by atoms with Crippen molar-refractivity contribution in [1.29, 1.82) is 0 Å². The fraction of sp³-hybridized carbons (Fsp3) is 0.595. The molecule has 234 valence electrons. The van der Waals surface area contributed by atoms with Gasteiger partial charge in [0.25, 0.3) is 5.91 Å². The summed E-state index contributed by atoms with van der Waals surface area (Å²) in [4.78, 5) is 33.7. The Morgan fingerprint density at radius 1 is 1.00 bits per heavy atom. The smallest absolute Gasteiger partial charge is 0.335 e. The molecule has 0 radical (unpaired) electrons. The maximum atomic E-state index is 14.6. The van der Waals surface area contributed by atoms with Gasteiger partial charge in [-0.2, -0.15) is 0 Å². The molecule has 2 aliphatic rings. The van der Waals surface area contributed by atoms with Gasteiger partial charge in [-0.05, 0) is 97.4 Å². The second-order valence-corrected chi connectivity index (χ2v) is 15.4. The molecule has 0 bridgehead atoms. The summed E-state index contributed by atoms with van der Waals surface area (Å²) in [6.07, 6.45) is 6.32. The molecule has 1 saturated carbocycles. The quantitative estimate of drug-likeness (QED) is 0.300. The largest absolute Gasteiger partial charge is 0.494 e. The van der Waals surface area contributed by atoms with Gasteiger partial charge in [-0.3, -0.25) is 9.79 Å². The van der Waals surface area contributed by atoms with Gasteiger partial charge >= 0.3 is 5.97 Å². The molecular weight excluding hydrogens is 536 g/mol. The van der Waals surface area contributed by atoms with E-state index in [-0.39, 0.29) is 28.3 Å². The number of aromatic carboxylic acids is 1. The summed E-state index contributed by atoms with van der Waals surface area (Å²) in [5.41, 5.74) is 2.15. The standard InChI is InChI=1S/C37H52N2O4/c1-25(2)26-16-20-37(21-17-26)38-32(29-10-9-11-30(24-29)43-23-22-36(6,7)8)33(40)39(37)31(18-19-35(3,4)5)27-12-14-28(15-13-27)34(41)42/h9-15,24-26,31H,16-23H2,1-8H3,(H,41,42). The number of hydrogen-bond acceptors (Lipinski definition) is 4. The third-order valence-electron chi connectivity index (χ3n) is 9.21. The number of carbonyl (C=O) groups is 2. The number of rotatable bonds is 10. The number of ether oxygens (including phenoxy) is 1. The van der Waals surface area contributed by atoms with Crippen LogP contribution in [0.5, 0.6) is 5.75 Å². The number of carbonyl (C=O) groups excluding carboxylic acids is 1. The molecule has 1 atom stereocenters. The summed E-state index contributed by atoms with van der Waals surface area (Å²) < 4.78 is 6.12. The minimum atomic E-state index is -0.950. The Morgan fingerprint density at radius 2 is 1.63 bits per heavy atom. The van der Waals surface area contributed by atoms with Gasteiger partial charge in [0, 0.05) is 5.56 Å². The molecule has 1 aliphatic heterocycles. The Morgan fingerprint density at radius 3 is 2.19 bits per heavy atom. The van der Waals surface area contributed by atoms with Crippen LogP contribution >= 0.6 is 0 Å². The Bertz CT molecular complexity index is 1310. The lowest BCUT2D eigenvalue weighted by Gasteiger charge is -2.46. The van der Waals surface area contributed by atoms with Crippen molar-refractivity contribution in [3.63, 3.8) is 0 Å². The van der Waals surface area contributed by atoms with Crippen LogP contribution in [0.15, 0.2) is 53.5 Å². The molecule has 1 unspecified atom stereocenters. The van der Waals surface area contributed by atoms with Crippen LogP contribution in [0.3, 0.4) is 0 Å². The number of carboxylic acid groups (broad SMARTS) is 1. The molecule has 0 saturated heterocycles. The van der Waals surface area contributed by atoms with Gasteiger partial charge in [0.2, 0.25) is 0 Å². The van der Waals surface area contributed by atoms with Crippen LogP contribution in [0.1, 0.15) is 128 Å². The van der Waals surface area contributed by atoms with E-state index in [2.05, 4.69) is 60.3 Å². The Kier molecular flexibility index (Phi) is 9.78. The van der Waals surface area contributed by atoms with Gasteiger partial charge in [0.05, 0.1) is 18.2 Å². The highest BCUT2D eigenvalue weighted by Gasteiger charge is 2.52. The van der Waals surface area contributed by atoms with Crippen molar-refractivity contribution >= 4 is 17.6 Å². The number of benzene rings is 2. The number of aliphatic imine (C=N–C) groups is 1. The van der Waals surface area contributed by atoms with E-state index in [0.29, 0.717) is 24.2 Å². The predicted octanol–water partition coefficient (Wildman–Crippen LogP) is 8.94. The first-order chi connectivity index (χ1) is 20.1. The fourth-order valence-corrected chi connectivity index (χ4v) is 6.43. The van der Waals surface area contributed by atoms with Crippen molar-refractivity contribution in [3.8, 4) is 5.75 Å². The first kappa shape index (κ1) is 32.8. The molecule has 2 aromatic carbocycles. The molecule has 1 N–H and O–H groups in total. The highest BCUT2D eigenvalue weighted by Crippen LogP contribution is 2.48. The van der Waals surface area contributed by atoms with Gasteiger partial charge in [-0.25, -0.2) is 4.79 Å². The van der Waals surface area contributed by atoms with E-state index in [9.17, 15) is 14.7 Å². The van der Waals surface area contributed by atoms with E-state index in [0.717, 1.165) is 61.8 Å². The summed E-state index contributed by atoms with van der Waals surface area (Å²) in [6, 6.07) is 14.7. The van der Waals surface area contributed by atoms with Crippen LogP contribution in [-0.2, 0) is 4.79 Å². The summed E-state index contributed by atoms with van der Waals surface area (Å²) in [6.45, 7) is 18.5. The average Bonchev–Trinajstić information content (AvgIpc) is 3.19. The zero-order valence-corrected chi connectivity index (χ0v) is 27.6.